The largest absolute Gasteiger partial charge is 0.364 e. The van der Waals surface area contributed by atoms with Crippen LogP contribution in [0, 0.1) is 6.92 Å². The second-order valence-electron chi connectivity index (χ2n) is 6.33. The quantitative estimate of drug-likeness (QED) is 0.420. The minimum Gasteiger partial charge on any atom is -0.364 e. The van der Waals surface area contributed by atoms with Crippen LogP contribution in [0.2, 0.25) is 0 Å². The van der Waals surface area contributed by atoms with Crippen molar-refractivity contribution in [1.29, 1.82) is 0 Å². The zero-order valence-electron chi connectivity index (χ0n) is 15.0. The predicted octanol–water partition coefficient (Wildman–Crippen LogP) is 2.25. The van der Waals surface area contributed by atoms with Crippen LogP contribution in [-0.2, 0) is 20.1 Å². The zero-order chi connectivity index (χ0) is 16.9. The van der Waals surface area contributed by atoms with Gasteiger partial charge in [0.1, 0.15) is 24.3 Å². The minimum atomic E-state index is 0. The molecule has 1 saturated carbocycles. The summed E-state index contributed by atoms with van der Waals surface area (Å²) in [6, 6.07) is 2.36. The molecule has 0 radical (unpaired) electrons. The summed E-state index contributed by atoms with van der Waals surface area (Å²) < 4.78 is 6.88. The molecule has 0 aromatic carbocycles. The molecule has 9 heteroatoms. The van der Waals surface area contributed by atoms with Crippen LogP contribution >= 0.6 is 24.0 Å². The number of aromatic nitrogens is 4. The number of aliphatic imine (C=N–C) groups is 1. The molecule has 25 heavy (non-hydrogen) atoms. The first-order valence-electron chi connectivity index (χ1n) is 8.39. The molecule has 0 unspecified atom stereocenters. The van der Waals surface area contributed by atoms with Crippen molar-refractivity contribution >= 4 is 29.9 Å². The fourth-order valence-electron chi connectivity index (χ4n) is 2.90. The van der Waals surface area contributed by atoms with E-state index in [1.54, 1.807) is 6.26 Å². The summed E-state index contributed by atoms with van der Waals surface area (Å²) in [5.41, 5.74) is 0.882. The van der Waals surface area contributed by atoms with Gasteiger partial charge in [-0.1, -0.05) is 18.0 Å². The SMILES string of the molecule is Cc1nnc(CN=C(NC2CCCC2)N(C)Cc2ccon2)n1C.I. The molecule has 0 atom stereocenters. The Kier molecular flexibility index (Phi) is 7.21. The number of halogens is 1. The average molecular weight is 459 g/mol. The van der Waals surface area contributed by atoms with Gasteiger partial charge in [0.15, 0.2) is 11.8 Å². The minimum absolute atomic E-state index is 0. The molecule has 1 fully saturated rings. The highest BCUT2D eigenvalue weighted by molar-refractivity contribution is 14.0. The number of guanidine groups is 1. The third kappa shape index (κ3) is 5.16. The van der Waals surface area contributed by atoms with E-state index in [4.69, 9.17) is 9.52 Å². The van der Waals surface area contributed by atoms with Crippen molar-refractivity contribution in [3.05, 3.63) is 29.7 Å². The molecular formula is C16H26IN7O. The highest BCUT2D eigenvalue weighted by Gasteiger charge is 2.19. The number of hydrogen-bond acceptors (Lipinski definition) is 5. The maximum Gasteiger partial charge on any atom is 0.194 e. The maximum atomic E-state index is 4.92. The van der Waals surface area contributed by atoms with Gasteiger partial charge in [0.25, 0.3) is 0 Å². The van der Waals surface area contributed by atoms with Crippen LogP contribution in [0.25, 0.3) is 0 Å². The van der Waals surface area contributed by atoms with Gasteiger partial charge < -0.3 is 19.3 Å². The Morgan fingerprint density at radius 1 is 1.40 bits per heavy atom. The Morgan fingerprint density at radius 2 is 2.16 bits per heavy atom. The van der Waals surface area contributed by atoms with E-state index in [0.29, 0.717) is 19.1 Å². The lowest BCUT2D eigenvalue weighted by atomic mass is 10.2. The Balaban J connectivity index is 0.00000225. The maximum absolute atomic E-state index is 4.92. The van der Waals surface area contributed by atoms with Gasteiger partial charge in [-0.25, -0.2) is 4.99 Å². The van der Waals surface area contributed by atoms with Gasteiger partial charge in [-0.15, -0.1) is 34.2 Å². The Hall–Kier alpha value is -1.65. The molecule has 2 aromatic rings. The standard InChI is InChI=1S/C16H25N7O.HI/c1-12-19-20-15(23(12)3)10-17-16(18-13-6-4-5-7-13)22(2)11-14-8-9-24-21-14;/h8-9,13H,4-7,10-11H2,1-3H3,(H,17,18);1H. The summed E-state index contributed by atoms with van der Waals surface area (Å²) in [4.78, 5) is 6.83. The first kappa shape index (κ1) is 19.7. The Morgan fingerprint density at radius 3 is 2.76 bits per heavy atom. The number of nitrogens with one attached hydrogen (secondary N) is 1. The van der Waals surface area contributed by atoms with Crippen molar-refractivity contribution in [2.24, 2.45) is 12.0 Å². The van der Waals surface area contributed by atoms with E-state index in [-0.39, 0.29) is 24.0 Å². The van der Waals surface area contributed by atoms with E-state index in [9.17, 15) is 0 Å². The molecule has 8 nitrogen and oxygen atoms in total. The molecule has 0 bridgehead atoms. The average Bonchev–Trinajstić information content (AvgIpc) is 3.30. The number of rotatable bonds is 5. The van der Waals surface area contributed by atoms with Gasteiger partial charge in [0, 0.05) is 26.2 Å². The highest BCUT2D eigenvalue weighted by Crippen LogP contribution is 2.18. The van der Waals surface area contributed by atoms with E-state index in [0.717, 1.165) is 23.3 Å². The van der Waals surface area contributed by atoms with Crippen molar-refractivity contribution in [3.8, 4) is 0 Å². The molecule has 138 valence electrons. The number of aryl methyl sites for hydroxylation is 1. The molecular weight excluding hydrogens is 433 g/mol. The van der Waals surface area contributed by atoms with Crippen molar-refractivity contribution in [1.82, 2.24) is 30.1 Å². The van der Waals surface area contributed by atoms with E-state index in [2.05, 4.69) is 25.6 Å². The van der Waals surface area contributed by atoms with Crippen molar-refractivity contribution in [2.45, 2.75) is 51.7 Å². The number of hydrogen-bond donors (Lipinski definition) is 1. The Labute approximate surface area is 165 Å². The van der Waals surface area contributed by atoms with Crippen molar-refractivity contribution in [3.63, 3.8) is 0 Å². The number of nitrogens with zero attached hydrogens (tertiary/aromatic N) is 6. The molecule has 1 aliphatic carbocycles. The lowest BCUT2D eigenvalue weighted by Gasteiger charge is -2.24. The van der Waals surface area contributed by atoms with E-state index in [1.807, 2.05) is 31.7 Å². The van der Waals surface area contributed by atoms with Crippen LogP contribution in [0.5, 0.6) is 0 Å². The van der Waals surface area contributed by atoms with Crippen LogP contribution in [0.3, 0.4) is 0 Å². The zero-order valence-corrected chi connectivity index (χ0v) is 17.3. The van der Waals surface area contributed by atoms with Gasteiger partial charge in [-0.2, -0.15) is 0 Å². The topological polar surface area (TPSA) is 84.4 Å². The second kappa shape index (κ2) is 9.16. The van der Waals surface area contributed by atoms with Gasteiger partial charge in [0.2, 0.25) is 0 Å². The van der Waals surface area contributed by atoms with Crippen LogP contribution in [0.4, 0.5) is 0 Å². The first-order valence-corrected chi connectivity index (χ1v) is 8.39. The predicted molar refractivity (Wildman–Crippen MR) is 106 cm³/mol. The molecule has 3 rings (SSSR count). The first-order chi connectivity index (χ1) is 11.6. The van der Waals surface area contributed by atoms with Gasteiger partial charge in [0.05, 0.1) is 6.54 Å². The summed E-state index contributed by atoms with van der Waals surface area (Å²) in [6.07, 6.45) is 6.54. The molecule has 0 amide bonds. The second-order valence-corrected chi connectivity index (χ2v) is 6.33. The highest BCUT2D eigenvalue weighted by atomic mass is 127. The molecule has 2 aromatic heterocycles. The smallest absolute Gasteiger partial charge is 0.194 e. The normalized spacial score (nSPS) is 15.2. The fraction of sp³-hybridized carbons (Fsp3) is 0.625. The van der Waals surface area contributed by atoms with Gasteiger partial charge in [-0.05, 0) is 19.8 Å². The third-order valence-electron chi connectivity index (χ3n) is 4.49. The monoisotopic (exact) mass is 459 g/mol. The van der Waals surface area contributed by atoms with Crippen LogP contribution in [-0.4, -0.2) is 43.9 Å². The molecule has 0 saturated heterocycles. The molecule has 0 spiro atoms. The van der Waals surface area contributed by atoms with Crippen molar-refractivity contribution in [2.75, 3.05) is 7.05 Å². The summed E-state index contributed by atoms with van der Waals surface area (Å²) in [6.45, 7) is 3.08. The van der Waals surface area contributed by atoms with Crippen LogP contribution < -0.4 is 5.32 Å². The van der Waals surface area contributed by atoms with E-state index < -0.39 is 0 Å². The fourth-order valence-corrected chi connectivity index (χ4v) is 2.90. The van der Waals surface area contributed by atoms with Crippen LogP contribution in [0.1, 0.15) is 43.0 Å². The summed E-state index contributed by atoms with van der Waals surface area (Å²) in [7, 11) is 3.97. The molecule has 2 heterocycles. The lowest BCUT2D eigenvalue weighted by molar-refractivity contribution is 0.388. The summed E-state index contributed by atoms with van der Waals surface area (Å²) in [5.74, 6) is 2.61. The molecule has 0 aliphatic heterocycles. The molecule has 1 aliphatic rings. The molecule has 1 N–H and O–H groups in total. The summed E-state index contributed by atoms with van der Waals surface area (Å²) >= 11 is 0. The van der Waals surface area contributed by atoms with Gasteiger partial charge >= 0.3 is 0 Å². The summed E-state index contributed by atoms with van der Waals surface area (Å²) in [5, 5.41) is 15.8. The van der Waals surface area contributed by atoms with E-state index in [1.165, 1.54) is 25.7 Å². The van der Waals surface area contributed by atoms with E-state index >= 15 is 0 Å². The lowest BCUT2D eigenvalue weighted by Crippen LogP contribution is -2.43. The third-order valence-corrected chi connectivity index (χ3v) is 4.49. The van der Waals surface area contributed by atoms with Gasteiger partial charge in [-0.3, -0.25) is 0 Å². The van der Waals surface area contributed by atoms with Crippen molar-refractivity contribution < 1.29 is 4.52 Å². The van der Waals surface area contributed by atoms with Crippen LogP contribution in [0.15, 0.2) is 21.8 Å². The Bertz CT molecular complexity index is 677.